The number of hydrogen-bond acceptors (Lipinski definition) is 5. The average Bonchev–Trinajstić information content (AvgIpc) is 3.44. The Morgan fingerprint density at radius 1 is 1.34 bits per heavy atom. The second-order valence-corrected chi connectivity index (χ2v) is 8.00. The minimum atomic E-state index is -3.08. The number of hydrogen-bond donors (Lipinski definition) is 1. The molecule has 5 heterocycles. The second kappa shape index (κ2) is 6.45. The summed E-state index contributed by atoms with van der Waals surface area (Å²) in [5.41, 5.74) is 3.09. The van der Waals surface area contributed by atoms with Gasteiger partial charge in [0.2, 0.25) is 0 Å². The number of amides is 1. The largest absolute Gasteiger partial charge is 0.348 e. The van der Waals surface area contributed by atoms with Crippen LogP contribution in [0.2, 0.25) is 0 Å². The smallest absolute Gasteiger partial charge is 0.296 e. The van der Waals surface area contributed by atoms with Crippen LogP contribution >= 0.6 is 11.3 Å². The van der Waals surface area contributed by atoms with Crippen LogP contribution < -0.4 is 0 Å². The first-order chi connectivity index (χ1) is 13.9. The Kier molecular flexibility index (Phi) is 3.98. The Labute approximate surface area is 168 Å². The summed E-state index contributed by atoms with van der Waals surface area (Å²) in [5.74, 6) is -3.43. The lowest BCUT2D eigenvalue weighted by molar-refractivity contribution is 0.0172. The number of fused-ring (bicyclic) bond motifs is 2. The van der Waals surface area contributed by atoms with Crippen molar-refractivity contribution >= 4 is 22.9 Å². The van der Waals surface area contributed by atoms with Gasteiger partial charge in [-0.25, -0.2) is 15.0 Å². The van der Waals surface area contributed by atoms with Gasteiger partial charge in [-0.05, 0) is 12.1 Å². The van der Waals surface area contributed by atoms with Gasteiger partial charge in [-0.2, -0.15) is 8.78 Å². The molecule has 0 fully saturated rings. The second-order valence-electron chi connectivity index (χ2n) is 6.97. The van der Waals surface area contributed by atoms with Crippen LogP contribution in [-0.4, -0.2) is 41.7 Å². The molecule has 0 aromatic carbocycles. The number of rotatable bonds is 3. The molecule has 7 nitrogen and oxygen atoms in total. The molecular formula is C19H16F2N6OS. The van der Waals surface area contributed by atoms with Gasteiger partial charge in [0, 0.05) is 38.0 Å². The number of imidazole rings is 2. The molecule has 0 saturated carbocycles. The van der Waals surface area contributed by atoms with E-state index >= 15 is 0 Å². The highest BCUT2D eigenvalue weighted by Gasteiger charge is 2.38. The highest BCUT2D eigenvalue weighted by molar-refractivity contribution is 7.13. The average molecular weight is 414 g/mol. The monoisotopic (exact) mass is 414 g/mol. The van der Waals surface area contributed by atoms with Gasteiger partial charge in [-0.3, -0.25) is 4.79 Å². The summed E-state index contributed by atoms with van der Waals surface area (Å²) in [6.07, 6.45) is 7.17. The summed E-state index contributed by atoms with van der Waals surface area (Å²) in [6.45, 7) is 1.19. The van der Waals surface area contributed by atoms with Gasteiger partial charge in [0.25, 0.3) is 11.8 Å². The van der Waals surface area contributed by atoms with Crippen molar-refractivity contribution in [1.29, 1.82) is 0 Å². The molecule has 10 heteroatoms. The molecule has 4 aromatic heterocycles. The SMILES string of the molecule is CC(F)(F)c1ncc(C(=O)N2CCc3[nH]cnc3C2c2cn3ccccc3n2)s1. The molecule has 0 spiro atoms. The topological polar surface area (TPSA) is 79.2 Å². The molecule has 5 rings (SSSR count). The van der Waals surface area contributed by atoms with Crippen LogP contribution in [0, 0.1) is 0 Å². The van der Waals surface area contributed by atoms with Crippen LogP contribution in [0.5, 0.6) is 0 Å². The zero-order chi connectivity index (χ0) is 20.2. The maximum Gasteiger partial charge on any atom is 0.296 e. The van der Waals surface area contributed by atoms with Crippen LogP contribution in [-0.2, 0) is 12.3 Å². The van der Waals surface area contributed by atoms with E-state index in [1.165, 1.54) is 6.20 Å². The van der Waals surface area contributed by atoms with Crippen LogP contribution in [0.4, 0.5) is 8.78 Å². The molecule has 1 aliphatic heterocycles. The third-order valence-corrected chi connectivity index (χ3v) is 6.10. The first-order valence-electron chi connectivity index (χ1n) is 9.02. The highest BCUT2D eigenvalue weighted by atomic mass is 32.1. The molecule has 1 aliphatic rings. The minimum Gasteiger partial charge on any atom is -0.348 e. The predicted molar refractivity (Wildman–Crippen MR) is 102 cm³/mol. The molecule has 0 saturated heterocycles. The normalized spacial score (nSPS) is 16.9. The first-order valence-corrected chi connectivity index (χ1v) is 9.84. The van der Waals surface area contributed by atoms with Gasteiger partial charge < -0.3 is 14.3 Å². The van der Waals surface area contributed by atoms with E-state index in [9.17, 15) is 13.6 Å². The highest BCUT2D eigenvalue weighted by Crippen LogP contribution is 2.36. The molecule has 1 N–H and O–H groups in total. The zero-order valence-corrected chi connectivity index (χ0v) is 16.2. The molecule has 148 valence electrons. The molecule has 1 unspecified atom stereocenters. The number of nitrogens with zero attached hydrogens (tertiary/aromatic N) is 5. The number of aromatic nitrogens is 5. The fraction of sp³-hybridized carbons (Fsp3) is 0.263. The van der Waals surface area contributed by atoms with Crippen molar-refractivity contribution < 1.29 is 13.6 Å². The van der Waals surface area contributed by atoms with Gasteiger partial charge in [0.1, 0.15) is 16.6 Å². The van der Waals surface area contributed by atoms with Gasteiger partial charge >= 0.3 is 0 Å². The van der Waals surface area contributed by atoms with E-state index in [4.69, 9.17) is 0 Å². The number of alkyl halides is 2. The van der Waals surface area contributed by atoms with E-state index in [-0.39, 0.29) is 15.8 Å². The van der Waals surface area contributed by atoms with Crippen LogP contribution in [0.15, 0.2) is 43.1 Å². The van der Waals surface area contributed by atoms with E-state index in [1.54, 1.807) is 11.2 Å². The minimum absolute atomic E-state index is 0.175. The number of pyridine rings is 1. The van der Waals surface area contributed by atoms with Crippen LogP contribution in [0.25, 0.3) is 5.65 Å². The number of carbonyl (C=O) groups is 1. The predicted octanol–water partition coefficient (Wildman–Crippen LogP) is 3.41. The summed E-state index contributed by atoms with van der Waals surface area (Å²) in [4.78, 5) is 31.0. The van der Waals surface area contributed by atoms with Crippen molar-refractivity contribution in [3.05, 3.63) is 70.1 Å². The molecule has 0 bridgehead atoms. The Morgan fingerprint density at radius 2 is 2.21 bits per heavy atom. The maximum absolute atomic E-state index is 13.6. The molecular weight excluding hydrogens is 398 g/mol. The molecule has 0 aliphatic carbocycles. The van der Waals surface area contributed by atoms with Gasteiger partial charge in [-0.15, -0.1) is 11.3 Å². The number of H-pyrrole nitrogens is 1. The quantitative estimate of drug-likeness (QED) is 0.557. The standard InChI is InChI=1S/C19H16F2N6OS/c1-19(20,21)18-22-8-13(29-18)17(28)27-7-5-11-15(24-10-23-11)16(27)12-9-26-6-3-2-4-14(26)25-12/h2-4,6,8-10,16H,5,7H2,1H3,(H,23,24). The Morgan fingerprint density at radius 3 is 2.97 bits per heavy atom. The third-order valence-electron chi connectivity index (χ3n) is 4.94. The summed E-state index contributed by atoms with van der Waals surface area (Å²) >= 11 is 0.721. The Bertz CT molecular complexity index is 1170. The van der Waals surface area contributed by atoms with Crippen molar-refractivity contribution in [2.75, 3.05) is 6.54 Å². The number of aromatic amines is 1. The lowest BCUT2D eigenvalue weighted by atomic mass is 10.00. The van der Waals surface area contributed by atoms with Gasteiger partial charge in [0.05, 0.1) is 23.9 Å². The number of thiazole rings is 1. The van der Waals surface area contributed by atoms with Crippen molar-refractivity contribution in [3.63, 3.8) is 0 Å². The fourth-order valence-electron chi connectivity index (χ4n) is 3.60. The van der Waals surface area contributed by atoms with E-state index < -0.39 is 12.0 Å². The van der Waals surface area contributed by atoms with E-state index in [1.807, 2.05) is 35.0 Å². The molecule has 4 aromatic rings. The van der Waals surface area contributed by atoms with Crippen molar-refractivity contribution in [1.82, 2.24) is 29.2 Å². The summed E-state index contributed by atoms with van der Waals surface area (Å²) in [5, 5.41) is -0.373. The van der Waals surface area contributed by atoms with Crippen LogP contribution in [0.1, 0.15) is 44.7 Å². The lowest BCUT2D eigenvalue weighted by Gasteiger charge is -2.33. The molecule has 1 amide bonds. The Hall–Kier alpha value is -3.14. The summed E-state index contributed by atoms with van der Waals surface area (Å²) < 4.78 is 29.0. The van der Waals surface area contributed by atoms with E-state index in [2.05, 4.69) is 19.9 Å². The molecule has 1 atom stereocenters. The van der Waals surface area contributed by atoms with Crippen molar-refractivity contribution in [2.24, 2.45) is 0 Å². The van der Waals surface area contributed by atoms with Crippen molar-refractivity contribution in [2.45, 2.75) is 25.3 Å². The summed E-state index contributed by atoms with van der Waals surface area (Å²) in [6, 6.07) is 5.15. The van der Waals surface area contributed by atoms with E-state index in [0.717, 1.165) is 35.3 Å². The lowest BCUT2D eigenvalue weighted by Crippen LogP contribution is -2.40. The molecule has 29 heavy (non-hydrogen) atoms. The number of carbonyl (C=O) groups excluding carboxylic acids is 1. The number of halogens is 2. The third kappa shape index (κ3) is 3.00. The van der Waals surface area contributed by atoms with Crippen LogP contribution in [0.3, 0.4) is 0 Å². The Balaban J connectivity index is 1.57. The van der Waals surface area contributed by atoms with Gasteiger partial charge in [-0.1, -0.05) is 6.07 Å². The van der Waals surface area contributed by atoms with E-state index in [0.29, 0.717) is 18.7 Å². The summed E-state index contributed by atoms with van der Waals surface area (Å²) in [7, 11) is 0. The first kappa shape index (κ1) is 17.9. The zero-order valence-electron chi connectivity index (χ0n) is 15.3. The van der Waals surface area contributed by atoms with Gasteiger partial charge in [0.15, 0.2) is 5.01 Å². The van der Waals surface area contributed by atoms with Crippen molar-refractivity contribution in [3.8, 4) is 0 Å². The fourth-order valence-corrected chi connectivity index (χ4v) is 4.40. The maximum atomic E-state index is 13.6. The number of nitrogens with one attached hydrogen (secondary N) is 1. The molecule has 0 radical (unpaired) electrons.